The van der Waals surface area contributed by atoms with E-state index in [1.54, 1.807) is 0 Å². The zero-order chi connectivity index (χ0) is 21.1. The summed E-state index contributed by atoms with van der Waals surface area (Å²) in [5, 5.41) is 15.5. The molecule has 0 spiro atoms. The van der Waals surface area contributed by atoms with E-state index in [1.807, 2.05) is 31.2 Å². The summed E-state index contributed by atoms with van der Waals surface area (Å²) < 4.78 is 13.2. The van der Waals surface area contributed by atoms with E-state index in [-0.39, 0.29) is 32.5 Å². The first kappa shape index (κ1) is 20.8. The van der Waals surface area contributed by atoms with E-state index in [1.165, 1.54) is 4.44 Å². The van der Waals surface area contributed by atoms with E-state index in [0.29, 0.717) is 25.1 Å². The average Bonchev–Trinajstić information content (AvgIpc) is 3.19. The number of hydrogen-bond donors (Lipinski definition) is 2. The van der Waals surface area contributed by atoms with Crippen molar-refractivity contribution in [2.45, 2.75) is 38.0 Å². The van der Waals surface area contributed by atoms with Crippen molar-refractivity contribution >= 4 is 26.4 Å². The maximum atomic E-state index is 12.5. The number of carbonyl (C=O) groups excluding carboxylic acids is 2. The Morgan fingerprint density at radius 3 is 3.10 bits per heavy atom. The Labute approximate surface area is 181 Å². The zero-order valence-corrected chi connectivity index (χ0v) is 18.4. The molecule has 3 atom stereocenters. The van der Waals surface area contributed by atoms with Crippen LogP contribution in [0.15, 0.2) is 30.3 Å². The molecule has 1 saturated heterocycles. The predicted molar refractivity (Wildman–Crippen MR) is 111 cm³/mol. The first-order chi connectivity index (χ1) is 14.5. The molecule has 0 radical (unpaired) electrons. The molecule has 3 heterocycles. The fourth-order valence-electron chi connectivity index (χ4n) is 3.65. The van der Waals surface area contributed by atoms with Gasteiger partial charge in [0.05, 0.1) is 0 Å². The number of nitriles is 1. The van der Waals surface area contributed by atoms with Crippen molar-refractivity contribution in [2.24, 2.45) is 0 Å². The number of hydrogen-bond acceptors (Lipinski definition) is 6. The molecule has 8 heteroatoms. The summed E-state index contributed by atoms with van der Waals surface area (Å²) in [5.74, 6) is -0.512. The van der Waals surface area contributed by atoms with Gasteiger partial charge < -0.3 is 0 Å². The summed E-state index contributed by atoms with van der Waals surface area (Å²) in [5.41, 5.74) is 2.62. The number of fused-ring (bicyclic) bond motifs is 1. The van der Waals surface area contributed by atoms with Gasteiger partial charge in [-0.15, -0.1) is 0 Å². The third kappa shape index (κ3) is 4.50. The van der Waals surface area contributed by atoms with Gasteiger partial charge >= 0.3 is 181 Å². The third-order valence-corrected chi connectivity index (χ3v) is 7.68. The van der Waals surface area contributed by atoms with Gasteiger partial charge in [-0.3, -0.25) is 0 Å². The number of benzene rings is 1. The van der Waals surface area contributed by atoms with Crippen LogP contribution in [0.1, 0.15) is 39.8 Å². The van der Waals surface area contributed by atoms with Crippen LogP contribution in [0.5, 0.6) is 0 Å². The maximum absolute atomic E-state index is 12.5. The minimum absolute atomic E-state index is 0.0567. The Morgan fingerprint density at radius 1 is 1.40 bits per heavy atom. The van der Waals surface area contributed by atoms with Crippen molar-refractivity contribution in [3.63, 3.8) is 0 Å². The molecule has 7 nitrogen and oxygen atoms in total. The van der Waals surface area contributed by atoms with Gasteiger partial charge in [0.15, 0.2) is 0 Å². The second-order valence-corrected chi connectivity index (χ2v) is 9.88. The summed E-state index contributed by atoms with van der Waals surface area (Å²) in [4.78, 5) is 24.3. The second kappa shape index (κ2) is 9.15. The van der Waals surface area contributed by atoms with Crippen molar-refractivity contribution in [3.05, 3.63) is 45.9 Å². The Kier molecular flexibility index (Phi) is 6.35. The van der Waals surface area contributed by atoms with Crippen molar-refractivity contribution in [1.29, 1.82) is 5.26 Å². The first-order valence-electron chi connectivity index (χ1n) is 10.0. The second-order valence-electron chi connectivity index (χ2n) is 7.43. The number of ether oxygens (including phenoxy) is 2. The Balaban J connectivity index is 1.42. The number of amides is 1. The number of cyclic esters (lactones) is 1. The topological polar surface area (TPSA) is 100 Å². The monoisotopic (exact) mass is 473 g/mol. The molecular formula is C22H23N3O4Se. The molecule has 156 valence electrons. The van der Waals surface area contributed by atoms with Gasteiger partial charge in [0.1, 0.15) is 0 Å². The molecule has 1 fully saturated rings. The molecule has 0 aliphatic carbocycles. The van der Waals surface area contributed by atoms with Gasteiger partial charge in [-0.25, -0.2) is 0 Å². The van der Waals surface area contributed by atoms with Crippen LogP contribution in [-0.2, 0) is 20.7 Å². The zero-order valence-electron chi connectivity index (χ0n) is 16.6. The third-order valence-electron chi connectivity index (χ3n) is 5.26. The van der Waals surface area contributed by atoms with Crippen LogP contribution in [0.2, 0.25) is 0 Å². The average molecular weight is 472 g/mol. The molecule has 4 rings (SSSR count). The van der Waals surface area contributed by atoms with Crippen LogP contribution in [0, 0.1) is 11.3 Å². The molecule has 0 saturated carbocycles. The SMILES string of the molecule is C[C@H]1OC(=O)c2ccc(-c3ccc(C[C@@H](C#N)NC(=O)[C@@H]4CNCCCO4)[se]3)cc21. The van der Waals surface area contributed by atoms with E-state index >= 15 is 0 Å². The van der Waals surface area contributed by atoms with Crippen molar-refractivity contribution in [1.82, 2.24) is 10.6 Å². The Bertz CT molecular complexity index is 989. The summed E-state index contributed by atoms with van der Waals surface area (Å²) in [6.45, 7) is 3.71. The van der Waals surface area contributed by atoms with E-state index in [4.69, 9.17) is 9.47 Å². The van der Waals surface area contributed by atoms with Crippen LogP contribution in [0.3, 0.4) is 0 Å². The summed E-state index contributed by atoms with van der Waals surface area (Å²) in [6, 6.07) is 11.5. The van der Waals surface area contributed by atoms with Crippen LogP contribution in [-0.4, -0.2) is 58.2 Å². The molecule has 2 aliphatic heterocycles. The van der Waals surface area contributed by atoms with Crippen LogP contribution in [0.25, 0.3) is 10.0 Å². The number of nitrogens with one attached hydrogen (secondary N) is 2. The van der Waals surface area contributed by atoms with Gasteiger partial charge in [0.25, 0.3) is 0 Å². The molecule has 0 unspecified atom stereocenters. The molecule has 2 aliphatic rings. The first-order valence-corrected chi connectivity index (χ1v) is 11.7. The fraction of sp³-hybridized carbons (Fsp3) is 0.409. The van der Waals surface area contributed by atoms with Gasteiger partial charge in [0.2, 0.25) is 0 Å². The minimum atomic E-state index is -0.587. The molecule has 1 amide bonds. The Hall–Kier alpha value is -2.43. The van der Waals surface area contributed by atoms with Crippen LogP contribution >= 0.6 is 0 Å². The van der Waals surface area contributed by atoms with Crippen molar-refractivity contribution < 1.29 is 19.1 Å². The molecule has 1 aromatic heterocycles. The molecular weight excluding hydrogens is 449 g/mol. The van der Waals surface area contributed by atoms with E-state index in [2.05, 4.69) is 22.8 Å². The normalized spacial score (nSPS) is 21.8. The quantitative estimate of drug-likeness (QED) is 0.506. The summed E-state index contributed by atoms with van der Waals surface area (Å²) in [6.07, 6.45) is 0.578. The predicted octanol–water partition coefficient (Wildman–Crippen LogP) is 1.57. The molecule has 0 bridgehead atoms. The van der Waals surface area contributed by atoms with Crippen molar-refractivity contribution in [2.75, 3.05) is 19.7 Å². The number of esters is 1. The van der Waals surface area contributed by atoms with Crippen LogP contribution < -0.4 is 10.6 Å². The Morgan fingerprint density at radius 2 is 2.27 bits per heavy atom. The number of carbonyl (C=O) groups is 2. The fourth-order valence-corrected chi connectivity index (χ4v) is 5.85. The molecule has 2 N–H and O–H groups in total. The van der Waals surface area contributed by atoms with Crippen molar-refractivity contribution in [3.8, 4) is 16.1 Å². The standard InChI is InChI=1S/C22H23N3O4Se/c1-13-18-9-14(3-5-17(18)22(27)29-13)20-6-4-16(30-20)10-15(11-23)25-21(26)19-12-24-7-2-8-28-19/h3-6,9,13,15,19,24H,2,7-8,10,12H2,1H3,(H,25,26)/t13-,15+,19+/m1/s1. The molecule has 30 heavy (non-hydrogen) atoms. The number of nitrogens with zero attached hydrogens (tertiary/aromatic N) is 1. The van der Waals surface area contributed by atoms with E-state index in [0.717, 1.165) is 28.5 Å². The number of rotatable bonds is 5. The van der Waals surface area contributed by atoms with Gasteiger partial charge in [-0.05, 0) is 0 Å². The van der Waals surface area contributed by atoms with E-state index in [9.17, 15) is 14.9 Å². The van der Waals surface area contributed by atoms with E-state index < -0.39 is 12.1 Å². The van der Waals surface area contributed by atoms with Gasteiger partial charge in [0, 0.05) is 0 Å². The van der Waals surface area contributed by atoms with Gasteiger partial charge in [-0.1, -0.05) is 0 Å². The molecule has 1 aromatic carbocycles. The van der Waals surface area contributed by atoms with Crippen LogP contribution in [0.4, 0.5) is 0 Å². The van der Waals surface area contributed by atoms with Gasteiger partial charge in [-0.2, -0.15) is 0 Å². The summed E-state index contributed by atoms with van der Waals surface area (Å²) >= 11 is 0.0567. The molecule has 2 aromatic rings. The summed E-state index contributed by atoms with van der Waals surface area (Å²) in [7, 11) is 0.